The molecule has 3 nitrogen and oxygen atoms in total. The molecule has 0 saturated heterocycles. The molecule has 0 spiro atoms. The van der Waals surface area contributed by atoms with Crippen molar-refractivity contribution in [3.8, 4) is 11.5 Å². The molecule has 2 rings (SSSR count). The monoisotopic (exact) mass is 208 g/mol. The van der Waals surface area contributed by atoms with Gasteiger partial charge in [0.1, 0.15) is 0 Å². The Kier molecular flexibility index (Phi) is 2.82. The van der Waals surface area contributed by atoms with Crippen molar-refractivity contribution in [1.29, 1.82) is 0 Å². The Labute approximate surface area is 89.3 Å². The molecular weight excluding hydrogens is 192 g/mol. The van der Waals surface area contributed by atoms with Gasteiger partial charge < -0.3 is 14.9 Å². The highest BCUT2D eigenvalue weighted by Gasteiger charge is 2.21. The number of hydrogen-bond donors (Lipinski definition) is 2. The Morgan fingerprint density at radius 3 is 2.80 bits per heavy atom. The predicted molar refractivity (Wildman–Crippen MR) is 57.1 cm³/mol. The molecule has 2 N–H and O–H groups in total. The molecule has 1 heterocycles. The van der Waals surface area contributed by atoms with Gasteiger partial charge in [0, 0.05) is 0 Å². The molecule has 0 aliphatic carbocycles. The van der Waals surface area contributed by atoms with Crippen molar-refractivity contribution >= 4 is 0 Å². The van der Waals surface area contributed by atoms with Crippen LogP contribution in [0.2, 0.25) is 0 Å². The van der Waals surface area contributed by atoms with Crippen LogP contribution in [0.25, 0.3) is 0 Å². The number of benzene rings is 1. The number of hydrogen-bond acceptors (Lipinski definition) is 3. The van der Waals surface area contributed by atoms with Crippen molar-refractivity contribution in [1.82, 2.24) is 0 Å². The lowest BCUT2D eigenvalue weighted by Crippen LogP contribution is -2.16. The maximum absolute atomic E-state index is 9.46. The zero-order chi connectivity index (χ0) is 10.8. The van der Waals surface area contributed by atoms with Gasteiger partial charge in [-0.05, 0) is 36.1 Å². The van der Waals surface area contributed by atoms with Crippen molar-refractivity contribution in [2.45, 2.75) is 32.3 Å². The van der Waals surface area contributed by atoms with Gasteiger partial charge in [-0.25, -0.2) is 0 Å². The minimum atomic E-state index is -0.0552. The molecule has 1 atom stereocenters. The van der Waals surface area contributed by atoms with E-state index in [0.29, 0.717) is 6.61 Å². The highest BCUT2D eigenvalue weighted by molar-refractivity contribution is 5.47. The third-order valence-electron chi connectivity index (χ3n) is 2.82. The first-order chi connectivity index (χ1) is 7.22. The Morgan fingerprint density at radius 2 is 2.07 bits per heavy atom. The summed E-state index contributed by atoms with van der Waals surface area (Å²) in [6.07, 6.45) is 2.89. The lowest BCUT2D eigenvalue weighted by molar-refractivity contribution is 0.0358. The molecule has 1 aliphatic rings. The van der Waals surface area contributed by atoms with Crippen LogP contribution in [0.3, 0.4) is 0 Å². The molecule has 0 radical (unpaired) electrons. The minimum absolute atomic E-state index is 0.0362. The van der Waals surface area contributed by atoms with Crippen LogP contribution >= 0.6 is 0 Å². The summed E-state index contributed by atoms with van der Waals surface area (Å²) < 4.78 is 5.65. The van der Waals surface area contributed by atoms with Crippen LogP contribution in [0, 0.1) is 0 Å². The summed E-state index contributed by atoms with van der Waals surface area (Å²) >= 11 is 0. The minimum Gasteiger partial charge on any atom is -0.504 e. The molecule has 15 heavy (non-hydrogen) atoms. The van der Waals surface area contributed by atoms with E-state index in [1.807, 2.05) is 0 Å². The number of ether oxygens (including phenoxy) is 1. The molecule has 1 aromatic rings. The summed E-state index contributed by atoms with van der Waals surface area (Å²) in [4.78, 5) is 0. The van der Waals surface area contributed by atoms with Crippen molar-refractivity contribution < 1.29 is 14.9 Å². The maximum atomic E-state index is 9.46. The van der Waals surface area contributed by atoms with Gasteiger partial charge in [0.2, 0.25) is 0 Å². The second kappa shape index (κ2) is 4.11. The van der Waals surface area contributed by atoms with Crippen molar-refractivity contribution in [2.24, 2.45) is 0 Å². The molecule has 0 saturated carbocycles. The number of rotatable bonds is 2. The van der Waals surface area contributed by atoms with E-state index in [-0.39, 0.29) is 17.6 Å². The summed E-state index contributed by atoms with van der Waals surface area (Å²) in [5, 5.41) is 18.9. The average Bonchev–Trinajstić information content (AvgIpc) is 2.21. The van der Waals surface area contributed by atoms with Crippen molar-refractivity contribution in [2.75, 3.05) is 6.61 Å². The first-order valence-electron chi connectivity index (χ1n) is 5.38. The van der Waals surface area contributed by atoms with E-state index < -0.39 is 0 Å². The molecule has 0 aromatic heterocycles. The van der Waals surface area contributed by atoms with Crippen LogP contribution in [0.1, 0.15) is 37.0 Å². The smallest absolute Gasteiger partial charge is 0.157 e. The Balaban J connectivity index is 2.38. The molecule has 1 aromatic carbocycles. The first-order valence-corrected chi connectivity index (χ1v) is 5.38. The zero-order valence-electron chi connectivity index (χ0n) is 8.86. The van der Waals surface area contributed by atoms with Gasteiger partial charge in [0.15, 0.2) is 11.5 Å². The second-order valence-corrected chi connectivity index (χ2v) is 3.94. The van der Waals surface area contributed by atoms with Crippen LogP contribution in [0.15, 0.2) is 12.1 Å². The van der Waals surface area contributed by atoms with Crippen LogP contribution in [0.4, 0.5) is 0 Å². The summed E-state index contributed by atoms with van der Waals surface area (Å²) in [5.74, 6) is -0.0914. The molecule has 82 valence electrons. The molecular formula is C12H16O3. The fourth-order valence-corrected chi connectivity index (χ4v) is 2.05. The number of aromatic hydroxyl groups is 2. The van der Waals surface area contributed by atoms with Gasteiger partial charge in [-0.1, -0.05) is 13.3 Å². The largest absolute Gasteiger partial charge is 0.504 e. The van der Waals surface area contributed by atoms with Gasteiger partial charge in [-0.2, -0.15) is 0 Å². The van der Waals surface area contributed by atoms with Gasteiger partial charge in [0.05, 0.1) is 12.7 Å². The van der Waals surface area contributed by atoms with E-state index in [0.717, 1.165) is 30.4 Å². The molecule has 0 fully saturated rings. The van der Waals surface area contributed by atoms with Crippen LogP contribution in [-0.2, 0) is 11.2 Å². The molecule has 3 heteroatoms. The molecule has 0 bridgehead atoms. The summed E-state index contributed by atoms with van der Waals surface area (Å²) in [6.45, 7) is 2.81. The molecule has 1 unspecified atom stereocenters. The lowest BCUT2D eigenvalue weighted by atomic mass is 9.94. The fourth-order valence-electron chi connectivity index (χ4n) is 2.05. The fraction of sp³-hybridized carbons (Fsp3) is 0.500. The van der Waals surface area contributed by atoms with Crippen molar-refractivity contribution in [3.63, 3.8) is 0 Å². The Bertz CT molecular complexity index is 360. The highest BCUT2D eigenvalue weighted by Crippen LogP contribution is 2.37. The van der Waals surface area contributed by atoms with Gasteiger partial charge >= 0.3 is 0 Å². The van der Waals surface area contributed by atoms with Gasteiger partial charge in [-0.15, -0.1) is 0 Å². The molecule has 1 aliphatic heterocycles. The van der Waals surface area contributed by atoms with E-state index in [1.165, 1.54) is 0 Å². The van der Waals surface area contributed by atoms with Crippen LogP contribution < -0.4 is 0 Å². The summed E-state index contributed by atoms with van der Waals surface area (Å²) in [6, 6.07) is 3.28. The van der Waals surface area contributed by atoms with E-state index in [1.54, 1.807) is 12.1 Å². The Hall–Kier alpha value is -1.22. The normalized spacial score (nSPS) is 19.9. The summed E-state index contributed by atoms with van der Waals surface area (Å²) in [5.41, 5.74) is 2.12. The van der Waals surface area contributed by atoms with Crippen molar-refractivity contribution in [3.05, 3.63) is 23.3 Å². The number of phenols is 2. The van der Waals surface area contributed by atoms with E-state index >= 15 is 0 Å². The van der Waals surface area contributed by atoms with Gasteiger partial charge in [0.25, 0.3) is 0 Å². The third-order valence-corrected chi connectivity index (χ3v) is 2.82. The summed E-state index contributed by atoms with van der Waals surface area (Å²) in [7, 11) is 0. The average molecular weight is 208 g/mol. The Morgan fingerprint density at radius 1 is 1.33 bits per heavy atom. The SMILES string of the molecule is CCCC1OCCc2cc(O)c(O)cc21. The van der Waals surface area contributed by atoms with Gasteiger partial charge in [-0.3, -0.25) is 0 Å². The van der Waals surface area contributed by atoms with Crippen LogP contribution in [0.5, 0.6) is 11.5 Å². The van der Waals surface area contributed by atoms with E-state index in [9.17, 15) is 10.2 Å². The standard InChI is InChI=1S/C12H16O3/c1-2-3-12-9-7-11(14)10(13)6-8(9)4-5-15-12/h6-7,12-14H,2-5H2,1H3. The quantitative estimate of drug-likeness (QED) is 0.734. The topological polar surface area (TPSA) is 49.7 Å². The lowest BCUT2D eigenvalue weighted by Gasteiger charge is -2.26. The first kappa shape index (κ1) is 10.3. The zero-order valence-corrected chi connectivity index (χ0v) is 8.86. The number of fused-ring (bicyclic) bond motifs is 1. The van der Waals surface area contributed by atoms with Crippen LogP contribution in [-0.4, -0.2) is 16.8 Å². The van der Waals surface area contributed by atoms with E-state index in [2.05, 4.69) is 6.92 Å². The predicted octanol–water partition coefficient (Wildman–Crippen LogP) is 2.51. The number of phenolic OH excluding ortho intramolecular Hbond substituents is 2. The highest BCUT2D eigenvalue weighted by atomic mass is 16.5. The van der Waals surface area contributed by atoms with E-state index in [4.69, 9.17) is 4.74 Å². The maximum Gasteiger partial charge on any atom is 0.157 e. The third kappa shape index (κ3) is 1.92. The second-order valence-electron chi connectivity index (χ2n) is 3.94. The molecule has 0 amide bonds.